The van der Waals surface area contributed by atoms with Crippen LogP contribution in [0.5, 0.6) is 5.75 Å². The fraction of sp³-hybridized carbons (Fsp3) is 0. The van der Waals surface area contributed by atoms with Gasteiger partial charge in [-0.25, -0.2) is 4.98 Å². The Morgan fingerprint density at radius 1 is 1.00 bits per heavy atom. The minimum atomic E-state index is 0.181. The Bertz CT molecular complexity index is 997. The second kappa shape index (κ2) is 5.88. The average Bonchev–Trinajstić information content (AvgIpc) is 3.05. The maximum atomic E-state index is 9.52. The van der Waals surface area contributed by atoms with Crippen LogP contribution in [-0.2, 0) is 0 Å². The number of fused-ring (bicyclic) bond motifs is 1. The minimum absolute atomic E-state index is 0.181. The summed E-state index contributed by atoms with van der Waals surface area (Å²) in [4.78, 5) is 8.63. The molecule has 4 aromatic rings. The summed E-state index contributed by atoms with van der Waals surface area (Å²) >= 11 is 0. The molecule has 0 saturated heterocycles. The fourth-order valence-corrected chi connectivity index (χ4v) is 2.42. The van der Waals surface area contributed by atoms with Crippen molar-refractivity contribution in [2.45, 2.75) is 0 Å². The van der Waals surface area contributed by atoms with Gasteiger partial charge in [0.25, 0.3) is 0 Å². The topological polar surface area (TPSA) is 98.8 Å². The Labute approximate surface area is 137 Å². The third-order valence-electron chi connectivity index (χ3n) is 3.51. The lowest BCUT2D eigenvalue weighted by Gasteiger charge is -2.09. The summed E-state index contributed by atoms with van der Waals surface area (Å²) in [5.74, 6) is 1.27. The molecule has 0 spiro atoms. The number of nitrogens with one attached hydrogen (secondary N) is 3. The summed E-state index contributed by atoms with van der Waals surface area (Å²) in [7, 11) is 0. The number of aromatic amines is 1. The summed E-state index contributed by atoms with van der Waals surface area (Å²) in [5, 5.41) is 23.8. The number of H-pyrrole nitrogens is 1. The fourth-order valence-electron chi connectivity index (χ4n) is 2.42. The van der Waals surface area contributed by atoms with Gasteiger partial charge in [-0.2, -0.15) is 10.1 Å². The molecule has 2 aromatic carbocycles. The van der Waals surface area contributed by atoms with Gasteiger partial charge in [-0.1, -0.05) is 12.1 Å². The molecule has 7 nitrogen and oxygen atoms in total. The average molecular weight is 318 g/mol. The lowest BCUT2D eigenvalue weighted by molar-refractivity contribution is 0.475. The lowest BCUT2D eigenvalue weighted by Crippen LogP contribution is -2.00. The number of phenolic OH excluding ortho intramolecular Hbond substituents is 1. The highest BCUT2D eigenvalue weighted by Crippen LogP contribution is 2.25. The number of anilines is 4. The molecule has 0 aliphatic carbocycles. The van der Waals surface area contributed by atoms with Crippen molar-refractivity contribution in [1.29, 1.82) is 0 Å². The Hall–Kier alpha value is -3.61. The molecule has 4 N–H and O–H groups in total. The first-order valence-electron chi connectivity index (χ1n) is 7.36. The monoisotopic (exact) mass is 318 g/mol. The lowest BCUT2D eigenvalue weighted by atomic mass is 10.2. The van der Waals surface area contributed by atoms with E-state index in [0.29, 0.717) is 17.5 Å². The van der Waals surface area contributed by atoms with Gasteiger partial charge in [0.1, 0.15) is 11.6 Å². The molecule has 0 fully saturated rings. The van der Waals surface area contributed by atoms with Gasteiger partial charge in [0.2, 0.25) is 5.95 Å². The smallest absolute Gasteiger partial charge is 0.229 e. The largest absolute Gasteiger partial charge is 0.508 e. The van der Waals surface area contributed by atoms with Gasteiger partial charge in [-0.3, -0.25) is 5.10 Å². The molecule has 0 radical (unpaired) electrons. The van der Waals surface area contributed by atoms with Crippen LogP contribution < -0.4 is 10.6 Å². The van der Waals surface area contributed by atoms with E-state index in [-0.39, 0.29) is 5.75 Å². The Balaban J connectivity index is 1.60. The minimum Gasteiger partial charge on any atom is -0.508 e. The summed E-state index contributed by atoms with van der Waals surface area (Å²) in [6, 6.07) is 14.4. The van der Waals surface area contributed by atoms with Gasteiger partial charge in [0.05, 0.1) is 17.4 Å². The molecular formula is C17H14N6O. The number of phenols is 1. The molecule has 0 aliphatic rings. The van der Waals surface area contributed by atoms with Gasteiger partial charge < -0.3 is 15.7 Å². The van der Waals surface area contributed by atoms with Crippen LogP contribution in [0.4, 0.5) is 23.1 Å². The van der Waals surface area contributed by atoms with Crippen LogP contribution in [0.15, 0.2) is 60.9 Å². The molecule has 24 heavy (non-hydrogen) atoms. The van der Waals surface area contributed by atoms with E-state index < -0.39 is 0 Å². The predicted octanol–water partition coefficient (Wildman–Crippen LogP) is 3.55. The molecule has 0 amide bonds. The molecule has 2 heterocycles. The highest BCUT2D eigenvalue weighted by molar-refractivity contribution is 5.92. The number of hydrogen-bond acceptors (Lipinski definition) is 6. The number of aromatic nitrogens is 4. The van der Waals surface area contributed by atoms with Gasteiger partial charge in [0, 0.05) is 23.3 Å². The normalized spacial score (nSPS) is 10.7. The van der Waals surface area contributed by atoms with Crippen LogP contribution in [0.3, 0.4) is 0 Å². The predicted molar refractivity (Wildman–Crippen MR) is 92.8 cm³/mol. The van der Waals surface area contributed by atoms with Crippen LogP contribution in [0.25, 0.3) is 10.9 Å². The third kappa shape index (κ3) is 2.82. The number of hydrogen-bond donors (Lipinski definition) is 4. The zero-order chi connectivity index (χ0) is 16.4. The van der Waals surface area contributed by atoms with Crippen molar-refractivity contribution < 1.29 is 5.11 Å². The van der Waals surface area contributed by atoms with Crippen LogP contribution >= 0.6 is 0 Å². The van der Waals surface area contributed by atoms with E-state index in [4.69, 9.17) is 0 Å². The number of benzene rings is 2. The van der Waals surface area contributed by atoms with Crippen molar-refractivity contribution in [2.24, 2.45) is 0 Å². The first kappa shape index (κ1) is 14.0. The van der Waals surface area contributed by atoms with Crippen molar-refractivity contribution in [3.63, 3.8) is 0 Å². The van der Waals surface area contributed by atoms with Crippen LogP contribution in [0, 0.1) is 0 Å². The second-order valence-electron chi connectivity index (χ2n) is 5.20. The first-order chi connectivity index (χ1) is 11.8. The second-order valence-corrected chi connectivity index (χ2v) is 5.20. The maximum absolute atomic E-state index is 9.52. The molecule has 0 unspecified atom stereocenters. The molecule has 118 valence electrons. The van der Waals surface area contributed by atoms with Crippen molar-refractivity contribution in [3.8, 4) is 5.75 Å². The number of rotatable bonds is 4. The van der Waals surface area contributed by atoms with E-state index in [2.05, 4.69) is 30.8 Å². The molecule has 0 atom stereocenters. The number of nitrogens with zero attached hydrogens (tertiary/aromatic N) is 3. The molecule has 7 heteroatoms. The molecule has 4 rings (SSSR count). The summed E-state index contributed by atoms with van der Waals surface area (Å²) in [6.07, 6.45) is 3.43. The maximum Gasteiger partial charge on any atom is 0.229 e. The van der Waals surface area contributed by atoms with Gasteiger partial charge >= 0.3 is 0 Å². The molecule has 0 aliphatic heterocycles. The highest BCUT2D eigenvalue weighted by atomic mass is 16.3. The Morgan fingerprint density at radius 2 is 1.92 bits per heavy atom. The van der Waals surface area contributed by atoms with E-state index in [0.717, 1.165) is 16.6 Å². The Kier molecular flexibility index (Phi) is 3.43. The van der Waals surface area contributed by atoms with Crippen molar-refractivity contribution >= 4 is 34.0 Å². The summed E-state index contributed by atoms with van der Waals surface area (Å²) in [5.41, 5.74) is 2.57. The van der Waals surface area contributed by atoms with Crippen molar-refractivity contribution in [3.05, 3.63) is 60.9 Å². The first-order valence-corrected chi connectivity index (χ1v) is 7.36. The zero-order valence-electron chi connectivity index (χ0n) is 12.6. The zero-order valence-corrected chi connectivity index (χ0v) is 12.6. The van der Waals surface area contributed by atoms with Crippen molar-refractivity contribution in [2.75, 3.05) is 10.6 Å². The number of aromatic hydroxyl groups is 1. The Morgan fingerprint density at radius 3 is 2.83 bits per heavy atom. The van der Waals surface area contributed by atoms with E-state index in [1.165, 1.54) is 0 Å². The summed E-state index contributed by atoms with van der Waals surface area (Å²) in [6.45, 7) is 0. The van der Waals surface area contributed by atoms with Crippen molar-refractivity contribution in [1.82, 2.24) is 20.2 Å². The highest BCUT2D eigenvalue weighted by Gasteiger charge is 2.05. The van der Waals surface area contributed by atoms with Crippen LogP contribution in [-0.4, -0.2) is 25.3 Å². The summed E-state index contributed by atoms with van der Waals surface area (Å²) < 4.78 is 0. The molecule has 2 aromatic heterocycles. The van der Waals surface area contributed by atoms with Crippen LogP contribution in [0.1, 0.15) is 0 Å². The molecular weight excluding hydrogens is 304 g/mol. The van der Waals surface area contributed by atoms with Gasteiger partial charge in [0.15, 0.2) is 0 Å². The molecule has 0 saturated carbocycles. The standard InChI is InChI=1S/C17H14N6O/c24-12-4-1-3-11(9-12)20-17-18-8-7-16(22-17)21-14-5-2-6-15-13(14)10-19-23-15/h1-10,24H,(H,19,23)(H2,18,20,21,22). The third-order valence-corrected chi connectivity index (χ3v) is 3.51. The van der Waals surface area contributed by atoms with E-state index in [1.54, 1.807) is 36.7 Å². The van der Waals surface area contributed by atoms with Crippen LogP contribution in [0.2, 0.25) is 0 Å². The SMILES string of the molecule is Oc1cccc(Nc2nccc(Nc3cccc4[nH]ncc34)n2)c1. The quantitative estimate of drug-likeness (QED) is 0.459. The van der Waals surface area contributed by atoms with E-state index in [9.17, 15) is 5.11 Å². The van der Waals surface area contributed by atoms with E-state index in [1.807, 2.05) is 24.3 Å². The van der Waals surface area contributed by atoms with Gasteiger partial charge in [-0.05, 0) is 30.3 Å². The molecule has 0 bridgehead atoms. The van der Waals surface area contributed by atoms with Gasteiger partial charge in [-0.15, -0.1) is 0 Å². The van der Waals surface area contributed by atoms with E-state index >= 15 is 0 Å².